The first-order valence-corrected chi connectivity index (χ1v) is 5.57. The maximum absolute atomic E-state index is 11.6. The molecule has 0 radical (unpaired) electrons. The van der Waals surface area contributed by atoms with Gasteiger partial charge in [0.05, 0.1) is 6.21 Å². The summed E-state index contributed by atoms with van der Waals surface area (Å²) < 4.78 is 0. The molecule has 0 saturated heterocycles. The van der Waals surface area contributed by atoms with Crippen molar-refractivity contribution in [1.29, 1.82) is 0 Å². The second kappa shape index (κ2) is 5.27. The van der Waals surface area contributed by atoms with Crippen LogP contribution in [0, 0.1) is 13.8 Å². The standard InChI is InChI=1S/C13H14N4O/c1-9-4-3-5-11(6-9)8-14-17-13(18)12-7-10(2)15-16-12/h3-8H,1-2H3,(H,15,16)(H,17,18)/b14-8+. The van der Waals surface area contributed by atoms with Gasteiger partial charge in [0, 0.05) is 5.69 Å². The Morgan fingerprint density at radius 3 is 2.89 bits per heavy atom. The summed E-state index contributed by atoms with van der Waals surface area (Å²) in [4.78, 5) is 11.6. The molecule has 92 valence electrons. The van der Waals surface area contributed by atoms with Crippen LogP contribution in [0.4, 0.5) is 0 Å². The van der Waals surface area contributed by atoms with E-state index in [0.717, 1.165) is 16.8 Å². The minimum atomic E-state index is -0.330. The molecular weight excluding hydrogens is 228 g/mol. The number of aromatic nitrogens is 2. The molecule has 0 atom stereocenters. The van der Waals surface area contributed by atoms with Crippen LogP contribution in [0.5, 0.6) is 0 Å². The lowest BCUT2D eigenvalue weighted by atomic mass is 10.2. The van der Waals surface area contributed by atoms with Crippen LogP contribution in [0.3, 0.4) is 0 Å². The molecule has 0 aliphatic rings. The van der Waals surface area contributed by atoms with Crippen LogP contribution in [-0.4, -0.2) is 22.3 Å². The minimum Gasteiger partial charge on any atom is -0.282 e. The van der Waals surface area contributed by atoms with Gasteiger partial charge >= 0.3 is 0 Å². The van der Waals surface area contributed by atoms with Crippen molar-refractivity contribution in [3.05, 3.63) is 52.8 Å². The summed E-state index contributed by atoms with van der Waals surface area (Å²) in [6.45, 7) is 3.84. The van der Waals surface area contributed by atoms with E-state index in [9.17, 15) is 4.79 Å². The number of hydrazone groups is 1. The van der Waals surface area contributed by atoms with Crippen molar-refractivity contribution >= 4 is 12.1 Å². The van der Waals surface area contributed by atoms with Crippen LogP contribution in [-0.2, 0) is 0 Å². The molecule has 2 rings (SSSR count). The van der Waals surface area contributed by atoms with Crippen molar-refractivity contribution < 1.29 is 4.79 Å². The van der Waals surface area contributed by atoms with Crippen molar-refractivity contribution in [2.24, 2.45) is 5.10 Å². The van der Waals surface area contributed by atoms with Crippen LogP contribution < -0.4 is 5.43 Å². The number of nitrogens with zero attached hydrogens (tertiary/aromatic N) is 2. The van der Waals surface area contributed by atoms with Gasteiger partial charge in [0.2, 0.25) is 0 Å². The largest absolute Gasteiger partial charge is 0.291 e. The molecule has 0 aliphatic carbocycles. The van der Waals surface area contributed by atoms with E-state index in [4.69, 9.17) is 0 Å². The molecule has 0 bridgehead atoms. The number of aromatic amines is 1. The minimum absolute atomic E-state index is 0.328. The summed E-state index contributed by atoms with van der Waals surface area (Å²) >= 11 is 0. The Balaban J connectivity index is 1.97. The number of H-pyrrole nitrogens is 1. The maximum Gasteiger partial charge on any atom is 0.291 e. The molecular formula is C13H14N4O. The van der Waals surface area contributed by atoms with E-state index in [2.05, 4.69) is 20.7 Å². The van der Waals surface area contributed by atoms with Gasteiger partial charge < -0.3 is 0 Å². The Hall–Kier alpha value is -2.43. The van der Waals surface area contributed by atoms with Gasteiger partial charge in [0.15, 0.2) is 5.69 Å². The van der Waals surface area contributed by atoms with E-state index in [0.29, 0.717) is 5.69 Å². The number of carbonyl (C=O) groups excluding carboxylic acids is 1. The molecule has 1 aromatic heterocycles. The molecule has 0 saturated carbocycles. The van der Waals surface area contributed by atoms with Crippen molar-refractivity contribution in [2.75, 3.05) is 0 Å². The van der Waals surface area contributed by atoms with Gasteiger partial charge in [0.1, 0.15) is 0 Å². The Labute approximate surface area is 105 Å². The van der Waals surface area contributed by atoms with Crippen molar-refractivity contribution in [2.45, 2.75) is 13.8 Å². The smallest absolute Gasteiger partial charge is 0.282 e. The van der Waals surface area contributed by atoms with Crippen molar-refractivity contribution in [3.8, 4) is 0 Å². The van der Waals surface area contributed by atoms with E-state index >= 15 is 0 Å². The van der Waals surface area contributed by atoms with Gasteiger partial charge in [-0.05, 0) is 25.5 Å². The van der Waals surface area contributed by atoms with Crippen molar-refractivity contribution in [3.63, 3.8) is 0 Å². The van der Waals surface area contributed by atoms with E-state index in [1.807, 2.05) is 38.1 Å². The summed E-state index contributed by atoms with van der Waals surface area (Å²) in [6, 6.07) is 9.51. The Morgan fingerprint density at radius 1 is 1.39 bits per heavy atom. The van der Waals surface area contributed by atoms with Gasteiger partial charge in [-0.2, -0.15) is 10.2 Å². The third kappa shape index (κ3) is 3.04. The number of hydrogen-bond acceptors (Lipinski definition) is 3. The number of hydrogen-bond donors (Lipinski definition) is 2. The third-order valence-corrected chi connectivity index (χ3v) is 2.36. The summed E-state index contributed by atoms with van der Waals surface area (Å²) in [6.07, 6.45) is 1.60. The van der Waals surface area contributed by atoms with Crippen molar-refractivity contribution in [1.82, 2.24) is 15.6 Å². The highest BCUT2D eigenvalue weighted by atomic mass is 16.2. The van der Waals surface area contributed by atoms with E-state index in [-0.39, 0.29) is 5.91 Å². The molecule has 0 fully saturated rings. The molecule has 5 heteroatoms. The highest BCUT2D eigenvalue weighted by molar-refractivity contribution is 5.93. The van der Waals surface area contributed by atoms with E-state index in [1.54, 1.807) is 12.3 Å². The van der Waals surface area contributed by atoms with Crippen LogP contribution in [0.25, 0.3) is 0 Å². The number of aryl methyl sites for hydroxylation is 2. The van der Waals surface area contributed by atoms with Gasteiger partial charge in [-0.25, -0.2) is 5.43 Å². The zero-order valence-electron chi connectivity index (χ0n) is 10.3. The van der Waals surface area contributed by atoms with Gasteiger partial charge in [-0.15, -0.1) is 0 Å². The van der Waals surface area contributed by atoms with Crippen LogP contribution in [0.15, 0.2) is 35.4 Å². The molecule has 5 nitrogen and oxygen atoms in total. The highest BCUT2D eigenvalue weighted by Crippen LogP contribution is 2.01. The fraction of sp³-hybridized carbons (Fsp3) is 0.154. The number of nitrogens with one attached hydrogen (secondary N) is 2. The van der Waals surface area contributed by atoms with E-state index in [1.165, 1.54) is 0 Å². The quantitative estimate of drug-likeness (QED) is 0.636. The normalized spacial score (nSPS) is 10.8. The number of benzene rings is 1. The lowest BCUT2D eigenvalue weighted by Crippen LogP contribution is -2.18. The average Bonchev–Trinajstić information content (AvgIpc) is 2.76. The predicted molar refractivity (Wildman–Crippen MR) is 69.6 cm³/mol. The fourth-order valence-corrected chi connectivity index (χ4v) is 1.51. The Morgan fingerprint density at radius 2 is 2.22 bits per heavy atom. The summed E-state index contributed by atoms with van der Waals surface area (Å²) in [7, 11) is 0. The van der Waals surface area contributed by atoms with Gasteiger partial charge in [-0.1, -0.05) is 29.8 Å². The molecule has 2 N–H and O–H groups in total. The molecule has 18 heavy (non-hydrogen) atoms. The average molecular weight is 242 g/mol. The monoisotopic (exact) mass is 242 g/mol. The molecule has 1 amide bonds. The van der Waals surface area contributed by atoms with Gasteiger partial charge in [0.25, 0.3) is 5.91 Å². The molecule has 2 aromatic rings. The second-order valence-electron chi connectivity index (χ2n) is 4.05. The molecule has 1 heterocycles. The van der Waals surface area contributed by atoms with E-state index < -0.39 is 0 Å². The van der Waals surface area contributed by atoms with Crippen LogP contribution in [0.1, 0.15) is 27.3 Å². The van der Waals surface area contributed by atoms with Gasteiger partial charge in [-0.3, -0.25) is 9.89 Å². The maximum atomic E-state index is 11.6. The Kier molecular flexibility index (Phi) is 3.52. The molecule has 1 aromatic carbocycles. The summed E-state index contributed by atoms with van der Waals surface area (Å²) in [5.41, 5.74) is 5.68. The number of rotatable bonds is 3. The summed E-state index contributed by atoms with van der Waals surface area (Å²) in [5.74, 6) is -0.330. The third-order valence-electron chi connectivity index (χ3n) is 2.36. The molecule has 0 spiro atoms. The molecule has 0 unspecified atom stereocenters. The predicted octanol–water partition coefficient (Wildman–Crippen LogP) is 1.79. The van der Waals surface area contributed by atoms with Crippen LogP contribution >= 0.6 is 0 Å². The topological polar surface area (TPSA) is 70.1 Å². The Bertz CT molecular complexity index is 586. The fourth-order valence-electron chi connectivity index (χ4n) is 1.51. The lowest BCUT2D eigenvalue weighted by Gasteiger charge is -1.96. The zero-order valence-corrected chi connectivity index (χ0v) is 10.3. The SMILES string of the molecule is Cc1cccc(/C=N/NC(=O)c2cc(C)[nH]n2)c1. The molecule has 0 aliphatic heterocycles. The second-order valence-corrected chi connectivity index (χ2v) is 4.05. The first-order chi connectivity index (χ1) is 8.65. The first kappa shape index (κ1) is 12.0. The van der Waals surface area contributed by atoms with Crippen LogP contribution in [0.2, 0.25) is 0 Å². The lowest BCUT2D eigenvalue weighted by molar-refractivity contribution is 0.0950. The number of amides is 1. The zero-order chi connectivity index (χ0) is 13.0. The summed E-state index contributed by atoms with van der Waals surface area (Å²) in [5, 5.41) is 10.4. The highest BCUT2D eigenvalue weighted by Gasteiger charge is 2.06. The first-order valence-electron chi connectivity index (χ1n) is 5.57. The number of carbonyl (C=O) groups is 1.